The van der Waals surface area contributed by atoms with E-state index in [2.05, 4.69) is 234 Å². The third kappa shape index (κ3) is 6.41. The van der Waals surface area contributed by atoms with E-state index >= 15 is 0 Å². The molecule has 0 bridgehead atoms. The highest BCUT2D eigenvalue weighted by Gasteiger charge is 2.22. The van der Waals surface area contributed by atoms with Crippen LogP contribution in [0.4, 0.5) is 0 Å². The summed E-state index contributed by atoms with van der Waals surface area (Å²) in [5.41, 5.74) is 14.4. The lowest BCUT2D eigenvalue weighted by Gasteiger charge is -2.12. The largest absolute Gasteiger partial charge is 0.308 e. The zero-order valence-corrected chi connectivity index (χ0v) is 38.0. The van der Waals surface area contributed by atoms with Gasteiger partial charge in [-0.2, -0.15) is 0 Å². The molecular weight excluding hydrogens is 859 g/mol. The van der Waals surface area contributed by atoms with Crippen LogP contribution in [0.15, 0.2) is 237 Å². The van der Waals surface area contributed by atoms with Gasteiger partial charge in [0.1, 0.15) is 0 Å². The van der Waals surface area contributed by atoms with Crippen LogP contribution in [0.5, 0.6) is 0 Å². The monoisotopic (exact) mass is 897 g/mol. The maximum Gasteiger partial charge on any atom is 0.164 e. The summed E-state index contributed by atoms with van der Waals surface area (Å²) in [6.07, 6.45) is 0. The molecule has 14 rings (SSSR count). The Balaban J connectivity index is 0.936. The molecule has 69 heavy (non-hydrogen) atoms. The molecule has 0 atom stereocenters. The van der Waals surface area contributed by atoms with Crippen molar-refractivity contribution < 1.29 is 0 Å². The van der Waals surface area contributed by atoms with Crippen LogP contribution < -0.4 is 0 Å². The van der Waals surface area contributed by atoms with E-state index in [1.54, 1.807) is 0 Å². The van der Waals surface area contributed by atoms with Crippen molar-refractivity contribution in [3.63, 3.8) is 0 Å². The highest BCUT2D eigenvalue weighted by molar-refractivity contribution is 7.27. The summed E-state index contributed by atoms with van der Waals surface area (Å²) < 4.78 is 7.45. The summed E-state index contributed by atoms with van der Waals surface area (Å²) in [7, 11) is 0. The van der Waals surface area contributed by atoms with Gasteiger partial charge in [-0.15, -0.1) is 11.3 Å². The molecule has 0 N–H and O–H groups in total. The van der Waals surface area contributed by atoms with Crippen molar-refractivity contribution in [3.05, 3.63) is 237 Å². The average molecular weight is 898 g/mol. The minimum atomic E-state index is 0.616. The molecule has 0 saturated carbocycles. The topological polar surface area (TPSA) is 48.5 Å². The first-order chi connectivity index (χ1) is 34.2. The number of para-hydroxylation sites is 3. The van der Waals surface area contributed by atoms with Gasteiger partial charge in [0.15, 0.2) is 17.5 Å². The van der Waals surface area contributed by atoms with E-state index in [4.69, 9.17) is 15.0 Å². The number of benzene rings is 10. The van der Waals surface area contributed by atoms with Gasteiger partial charge in [0, 0.05) is 60.4 Å². The zero-order chi connectivity index (χ0) is 45.4. The van der Waals surface area contributed by atoms with Gasteiger partial charge in [-0.3, -0.25) is 0 Å². The number of hydrogen-bond donors (Lipinski definition) is 0. The van der Waals surface area contributed by atoms with E-state index in [1.807, 2.05) is 23.5 Å². The van der Waals surface area contributed by atoms with Crippen molar-refractivity contribution in [2.24, 2.45) is 0 Å². The summed E-state index contributed by atoms with van der Waals surface area (Å²) in [6, 6.07) is 84.2. The Kier molecular flexibility index (Phi) is 9.00. The van der Waals surface area contributed by atoms with Gasteiger partial charge in [0.2, 0.25) is 0 Å². The Bertz CT molecular complexity index is 4270. The lowest BCUT2D eigenvalue weighted by molar-refractivity contribution is 1.07. The Morgan fingerprint density at radius 3 is 1.19 bits per heavy atom. The van der Waals surface area contributed by atoms with E-state index in [9.17, 15) is 0 Å². The molecule has 14 aromatic rings. The molecular formula is C63H39N5S. The van der Waals surface area contributed by atoms with Crippen molar-refractivity contribution in [1.82, 2.24) is 24.1 Å². The fraction of sp³-hybridized carbons (Fsp3) is 0. The first-order valence-electron chi connectivity index (χ1n) is 23.3. The maximum absolute atomic E-state index is 5.20. The smallest absolute Gasteiger partial charge is 0.164 e. The third-order valence-corrected chi connectivity index (χ3v) is 14.8. The average Bonchev–Trinajstić information content (AvgIpc) is 4.10. The van der Waals surface area contributed by atoms with Crippen LogP contribution in [0.2, 0.25) is 0 Å². The molecule has 0 radical (unpaired) electrons. The van der Waals surface area contributed by atoms with Crippen LogP contribution in [0.3, 0.4) is 0 Å². The highest BCUT2D eigenvalue weighted by Crippen LogP contribution is 2.47. The molecule has 0 fully saturated rings. The lowest BCUT2D eigenvalue weighted by atomic mass is 10.0. The molecule has 4 heterocycles. The summed E-state index contributed by atoms with van der Waals surface area (Å²) in [5.74, 6) is 1.86. The van der Waals surface area contributed by atoms with Crippen molar-refractivity contribution in [2.75, 3.05) is 0 Å². The van der Waals surface area contributed by atoms with Crippen molar-refractivity contribution in [3.8, 4) is 67.8 Å². The van der Waals surface area contributed by atoms with Gasteiger partial charge in [0.05, 0.1) is 31.5 Å². The van der Waals surface area contributed by atoms with Gasteiger partial charge in [-0.25, -0.2) is 15.0 Å². The van der Waals surface area contributed by atoms with Crippen molar-refractivity contribution >= 4 is 75.1 Å². The fourth-order valence-electron chi connectivity index (χ4n) is 10.3. The predicted octanol–water partition coefficient (Wildman–Crippen LogP) is 16.8. The Hall–Kier alpha value is -8.97. The second-order valence-electron chi connectivity index (χ2n) is 17.6. The zero-order valence-electron chi connectivity index (χ0n) is 37.2. The quantitative estimate of drug-likeness (QED) is 0.160. The molecule has 322 valence electrons. The fourth-order valence-corrected chi connectivity index (χ4v) is 11.7. The van der Waals surface area contributed by atoms with Crippen LogP contribution in [-0.4, -0.2) is 24.1 Å². The highest BCUT2D eigenvalue weighted by atomic mass is 32.1. The SMILES string of the molecule is c1ccc(-c2ccc(-c3nc(-c4ccc(-n5c6ccccc6c6ccc7c8ccc9c%10ccccc%10n(-c%10ccccc%10)c9c8sc7c65)cc4)nc(-c4cccc(-c5ccccc5)c4)n3)cc2)cc1. The van der Waals surface area contributed by atoms with Gasteiger partial charge in [-0.1, -0.05) is 182 Å². The normalized spacial score (nSPS) is 11.8. The summed E-state index contributed by atoms with van der Waals surface area (Å²) >= 11 is 1.90. The summed E-state index contributed by atoms with van der Waals surface area (Å²) in [4.78, 5) is 15.5. The third-order valence-electron chi connectivity index (χ3n) is 13.6. The molecule has 0 spiro atoms. The minimum Gasteiger partial charge on any atom is -0.308 e. The first kappa shape index (κ1) is 39.2. The molecule has 10 aromatic carbocycles. The van der Waals surface area contributed by atoms with Crippen molar-refractivity contribution in [2.45, 2.75) is 0 Å². The number of aromatic nitrogens is 5. The Labute approximate surface area is 401 Å². The van der Waals surface area contributed by atoms with Crippen molar-refractivity contribution in [1.29, 1.82) is 0 Å². The number of fused-ring (bicyclic) bond motifs is 11. The van der Waals surface area contributed by atoms with E-state index < -0.39 is 0 Å². The first-order valence-corrected chi connectivity index (χ1v) is 24.1. The Morgan fingerprint density at radius 2 is 0.638 bits per heavy atom. The lowest BCUT2D eigenvalue weighted by Crippen LogP contribution is -2.01. The van der Waals surface area contributed by atoms with E-state index in [-0.39, 0.29) is 0 Å². The summed E-state index contributed by atoms with van der Waals surface area (Å²) in [6.45, 7) is 0. The van der Waals surface area contributed by atoms with E-state index in [0.29, 0.717) is 17.5 Å². The van der Waals surface area contributed by atoms with Gasteiger partial charge < -0.3 is 9.13 Å². The van der Waals surface area contributed by atoms with Gasteiger partial charge in [-0.05, 0) is 76.9 Å². The number of rotatable bonds is 7. The van der Waals surface area contributed by atoms with E-state index in [0.717, 1.165) is 50.3 Å². The van der Waals surface area contributed by atoms with Gasteiger partial charge >= 0.3 is 0 Å². The van der Waals surface area contributed by atoms with E-state index in [1.165, 1.54) is 63.8 Å². The van der Waals surface area contributed by atoms with Crippen LogP contribution in [0, 0.1) is 0 Å². The van der Waals surface area contributed by atoms with Gasteiger partial charge in [0.25, 0.3) is 0 Å². The van der Waals surface area contributed by atoms with Crippen LogP contribution in [0.25, 0.3) is 132 Å². The van der Waals surface area contributed by atoms with Crippen LogP contribution in [-0.2, 0) is 0 Å². The number of nitrogens with zero attached hydrogens (tertiary/aromatic N) is 5. The molecule has 0 aliphatic carbocycles. The maximum atomic E-state index is 5.20. The molecule has 0 amide bonds. The molecule has 0 aliphatic heterocycles. The molecule has 0 aliphatic rings. The molecule has 4 aromatic heterocycles. The number of hydrogen-bond acceptors (Lipinski definition) is 4. The number of thiophene rings is 1. The molecule has 0 saturated heterocycles. The Morgan fingerprint density at radius 1 is 0.261 bits per heavy atom. The van der Waals surface area contributed by atoms with Crippen LogP contribution in [0.1, 0.15) is 0 Å². The minimum absolute atomic E-state index is 0.616. The standard InChI is InChI=1S/C63H39N5S/c1-4-15-40(16-5-1)42-27-29-43(30-28-42)61-64-62(66-63(65-61)46-20-14-19-45(39-46)41-17-6-2-7-18-41)44-31-33-48(34-32-44)68-56-26-13-11-24-50(56)52-36-38-54-53-37-35-51-49-23-10-12-25-55(49)67(47-21-8-3-9-22-47)57(51)59(53)69-60(54)58(52)68/h1-39H. The molecule has 0 unspecified atom stereocenters. The predicted molar refractivity (Wildman–Crippen MR) is 289 cm³/mol. The van der Waals surface area contributed by atoms with Crippen LogP contribution >= 0.6 is 11.3 Å². The molecule has 5 nitrogen and oxygen atoms in total. The second-order valence-corrected chi connectivity index (χ2v) is 18.6. The summed E-state index contributed by atoms with van der Waals surface area (Å²) in [5, 5.41) is 7.50. The second kappa shape index (κ2) is 15.8. The molecule has 6 heteroatoms.